The fraction of sp³-hybridized carbons (Fsp3) is 0.235. The minimum Gasteiger partial charge on any atom is -0.449 e. The predicted octanol–water partition coefficient (Wildman–Crippen LogP) is 3.42. The summed E-state index contributed by atoms with van der Waals surface area (Å²) < 4.78 is 31.8. The molecule has 6 heteroatoms. The van der Waals surface area contributed by atoms with Crippen molar-refractivity contribution in [2.24, 2.45) is 5.92 Å². The van der Waals surface area contributed by atoms with E-state index in [1.807, 2.05) is 48.9 Å². The molecule has 0 unspecified atom stereocenters. The Hall–Kier alpha value is -2.34. The van der Waals surface area contributed by atoms with E-state index in [9.17, 15) is 13.2 Å². The van der Waals surface area contributed by atoms with Gasteiger partial charge in [0.05, 0.1) is 11.5 Å². The largest absolute Gasteiger partial charge is 0.449 e. The SMILES string of the molecule is CC(C)COC(=O)NS(=O)(=O)c1ccccc1-c1ccccc1. The lowest BCUT2D eigenvalue weighted by molar-refractivity contribution is 0.139. The topological polar surface area (TPSA) is 72.5 Å². The molecule has 0 aliphatic carbocycles. The zero-order valence-electron chi connectivity index (χ0n) is 13.0. The molecule has 0 saturated carbocycles. The van der Waals surface area contributed by atoms with Crippen LogP contribution < -0.4 is 4.72 Å². The maximum atomic E-state index is 12.5. The van der Waals surface area contributed by atoms with E-state index in [0.717, 1.165) is 5.56 Å². The zero-order chi connectivity index (χ0) is 16.9. The average molecular weight is 333 g/mol. The third-order valence-corrected chi connectivity index (χ3v) is 4.40. The van der Waals surface area contributed by atoms with Gasteiger partial charge in [0.2, 0.25) is 0 Å². The second kappa shape index (κ2) is 7.28. The highest BCUT2D eigenvalue weighted by Crippen LogP contribution is 2.26. The van der Waals surface area contributed by atoms with E-state index in [1.54, 1.807) is 18.2 Å². The highest BCUT2D eigenvalue weighted by molar-refractivity contribution is 7.90. The van der Waals surface area contributed by atoms with Crippen LogP contribution in [0.1, 0.15) is 13.8 Å². The summed E-state index contributed by atoms with van der Waals surface area (Å²) in [5, 5.41) is 0. The van der Waals surface area contributed by atoms with Crippen molar-refractivity contribution in [3.63, 3.8) is 0 Å². The molecule has 0 aliphatic rings. The summed E-state index contributed by atoms with van der Waals surface area (Å²) in [7, 11) is -4.01. The molecule has 0 radical (unpaired) electrons. The van der Waals surface area contributed by atoms with Crippen LogP contribution in [0.5, 0.6) is 0 Å². The highest BCUT2D eigenvalue weighted by atomic mass is 32.2. The highest BCUT2D eigenvalue weighted by Gasteiger charge is 2.22. The van der Waals surface area contributed by atoms with Gasteiger partial charge in [-0.25, -0.2) is 17.9 Å². The Bertz CT molecular complexity index is 770. The number of carbonyl (C=O) groups excluding carboxylic acids is 1. The van der Waals surface area contributed by atoms with Crippen molar-refractivity contribution in [2.45, 2.75) is 18.7 Å². The molecule has 0 atom stereocenters. The standard InChI is InChI=1S/C17H19NO4S/c1-13(2)12-22-17(19)18-23(20,21)16-11-7-6-10-15(16)14-8-4-3-5-9-14/h3-11,13H,12H2,1-2H3,(H,18,19). The van der Waals surface area contributed by atoms with Gasteiger partial charge >= 0.3 is 6.09 Å². The van der Waals surface area contributed by atoms with E-state index < -0.39 is 16.1 Å². The van der Waals surface area contributed by atoms with Crippen molar-refractivity contribution in [3.05, 3.63) is 54.6 Å². The third-order valence-electron chi connectivity index (χ3n) is 3.03. The summed E-state index contributed by atoms with van der Waals surface area (Å²) in [6.07, 6.45) is -0.971. The van der Waals surface area contributed by atoms with Crippen LogP contribution in [0.25, 0.3) is 11.1 Å². The molecule has 2 rings (SSSR count). The third kappa shape index (κ3) is 4.56. The van der Waals surface area contributed by atoms with Gasteiger partial charge in [0.25, 0.3) is 10.0 Å². The van der Waals surface area contributed by atoms with Crippen molar-refractivity contribution < 1.29 is 17.9 Å². The normalized spacial score (nSPS) is 11.3. The molecular formula is C17H19NO4S. The Kier molecular flexibility index (Phi) is 5.39. The molecule has 0 aromatic heterocycles. The monoisotopic (exact) mass is 333 g/mol. The van der Waals surface area contributed by atoms with Gasteiger partial charge in [-0.3, -0.25) is 0 Å². The van der Waals surface area contributed by atoms with E-state index in [2.05, 4.69) is 0 Å². The van der Waals surface area contributed by atoms with Crippen molar-refractivity contribution >= 4 is 16.1 Å². The minimum absolute atomic E-state index is 0.0349. The fourth-order valence-electron chi connectivity index (χ4n) is 1.99. The molecule has 2 aromatic carbocycles. The first kappa shape index (κ1) is 17.0. The number of rotatable bonds is 5. The molecule has 0 saturated heterocycles. The number of hydrogen-bond donors (Lipinski definition) is 1. The van der Waals surface area contributed by atoms with Crippen molar-refractivity contribution in [2.75, 3.05) is 6.61 Å². The lowest BCUT2D eigenvalue weighted by Crippen LogP contribution is -2.32. The van der Waals surface area contributed by atoms with Gasteiger partial charge in [0.1, 0.15) is 0 Å². The molecular weight excluding hydrogens is 314 g/mol. The summed E-state index contributed by atoms with van der Waals surface area (Å²) in [6.45, 7) is 3.89. The molecule has 1 amide bonds. The maximum Gasteiger partial charge on any atom is 0.421 e. The van der Waals surface area contributed by atoms with E-state index in [4.69, 9.17) is 4.74 Å². The van der Waals surface area contributed by atoms with Gasteiger partial charge in [-0.2, -0.15) is 0 Å². The lowest BCUT2D eigenvalue weighted by Gasteiger charge is -2.12. The first-order valence-corrected chi connectivity index (χ1v) is 8.72. The zero-order valence-corrected chi connectivity index (χ0v) is 13.8. The van der Waals surface area contributed by atoms with Gasteiger partial charge in [0, 0.05) is 5.56 Å². The van der Waals surface area contributed by atoms with Crippen LogP contribution in [0.4, 0.5) is 4.79 Å². The maximum absolute atomic E-state index is 12.5. The Labute approximate surface area is 136 Å². The summed E-state index contributed by atoms with van der Waals surface area (Å²) in [4.78, 5) is 11.7. The van der Waals surface area contributed by atoms with E-state index in [1.165, 1.54) is 6.07 Å². The van der Waals surface area contributed by atoms with Gasteiger partial charge in [-0.05, 0) is 17.5 Å². The van der Waals surface area contributed by atoms with E-state index >= 15 is 0 Å². The van der Waals surface area contributed by atoms with Gasteiger partial charge in [0.15, 0.2) is 0 Å². The first-order chi connectivity index (χ1) is 10.9. The van der Waals surface area contributed by atoms with Crippen LogP contribution in [0, 0.1) is 5.92 Å². The fourth-order valence-corrected chi connectivity index (χ4v) is 3.12. The molecule has 5 nitrogen and oxygen atoms in total. The Morgan fingerprint density at radius 2 is 1.65 bits per heavy atom. The van der Waals surface area contributed by atoms with Crippen LogP contribution in [0.3, 0.4) is 0 Å². The molecule has 0 bridgehead atoms. The van der Waals surface area contributed by atoms with Gasteiger partial charge in [-0.15, -0.1) is 0 Å². The second-order valence-electron chi connectivity index (χ2n) is 5.46. The smallest absolute Gasteiger partial charge is 0.421 e. The molecule has 122 valence electrons. The first-order valence-electron chi connectivity index (χ1n) is 7.24. The van der Waals surface area contributed by atoms with Crippen molar-refractivity contribution in [3.8, 4) is 11.1 Å². The Morgan fingerprint density at radius 1 is 1.04 bits per heavy atom. The van der Waals surface area contributed by atoms with E-state index in [0.29, 0.717) is 5.56 Å². The molecule has 0 heterocycles. The van der Waals surface area contributed by atoms with E-state index in [-0.39, 0.29) is 17.4 Å². The van der Waals surface area contributed by atoms with Crippen molar-refractivity contribution in [1.29, 1.82) is 0 Å². The molecule has 2 aromatic rings. The molecule has 0 fully saturated rings. The minimum atomic E-state index is -4.01. The summed E-state index contributed by atoms with van der Waals surface area (Å²) in [6, 6.07) is 15.6. The molecule has 0 spiro atoms. The number of benzene rings is 2. The lowest BCUT2D eigenvalue weighted by atomic mass is 10.1. The summed E-state index contributed by atoms with van der Waals surface area (Å²) >= 11 is 0. The number of carbonyl (C=O) groups is 1. The Morgan fingerprint density at radius 3 is 2.30 bits per heavy atom. The van der Waals surface area contributed by atoms with Crippen LogP contribution in [-0.2, 0) is 14.8 Å². The van der Waals surface area contributed by atoms with Crippen LogP contribution >= 0.6 is 0 Å². The summed E-state index contributed by atoms with van der Waals surface area (Å²) in [5.74, 6) is 0.125. The Balaban J connectivity index is 2.29. The number of amides is 1. The predicted molar refractivity (Wildman–Crippen MR) is 88.4 cm³/mol. The van der Waals surface area contributed by atoms with Crippen LogP contribution in [0.15, 0.2) is 59.5 Å². The van der Waals surface area contributed by atoms with Crippen LogP contribution in [0.2, 0.25) is 0 Å². The quantitative estimate of drug-likeness (QED) is 0.910. The van der Waals surface area contributed by atoms with Gasteiger partial charge < -0.3 is 4.74 Å². The number of sulfonamides is 1. The summed E-state index contributed by atoms with van der Waals surface area (Å²) in [5.41, 5.74) is 1.28. The average Bonchev–Trinajstić information content (AvgIpc) is 2.53. The van der Waals surface area contributed by atoms with Crippen LogP contribution in [-0.4, -0.2) is 21.1 Å². The van der Waals surface area contributed by atoms with Gasteiger partial charge in [-0.1, -0.05) is 62.4 Å². The van der Waals surface area contributed by atoms with Crippen molar-refractivity contribution in [1.82, 2.24) is 4.72 Å². The molecule has 0 aliphatic heterocycles. The number of ether oxygens (including phenoxy) is 1. The number of hydrogen-bond acceptors (Lipinski definition) is 4. The molecule has 1 N–H and O–H groups in total. The second-order valence-corrected chi connectivity index (χ2v) is 7.11. The number of nitrogens with one attached hydrogen (secondary N) is 1. The molecule has 23 heavy (non-hydrogen) atoms.